The van der Waals surface area contributed by atoms with Crippen molar-refractivity contribution in [1.82, 2.24) is 15.3 Å². The van der Waals surface area contributed by atoms with E-state index in [4.69, 9.17) is 5.73 Å². The van der Waals surface area contributed by atoms with Crippen molar-refractivity contribution in [3.8, 4) is 12.8 Å². The van der Waals surface area contributed by atoms with Crippen molar-refractivity contribution < 1.29 is 0 Å². The molecule has 0 bridgehead atoms. The highest BCUT2D eigenvalue weighted by Gasteiger charge is 2.11. The van der Waals surface area contributed by atoms with Gasteiger partial charge in [0, 0.05) is 24.4 Å². The lowest BCUT2D eigenvalue weighted by molar-refractivity contribution is 0.501. The van der Waals surface area contributed by atoms with E-state index in [-0.39, 0.29) is 5.41 Å². The molecule has 1 heterocycles. The summed E-state index contributed by atoms with van der Waals surface area (Å²) in [4.78, 5) is 12.6. The van der Waals surface area contributed by atoms with Crippen LogP contribution in [0, 0.1) is 25.2 Å². The number of aromatic nitrogens is 2. The van der Waals surface area contributed by atoms with Crippen molar-refractivity contribution in [3.63, 3.8) is 0 Å². The summed E-state index contributed by atoms with van der Waals surface area (Å²) in [7, 11) is 0. The maximum absolute atomic E-state index is 5.44. The highest BCUT2D eigenvalue weighted by molar-refractivity contribution is 5.73. The number of rotatable bonds is 8. The molecule has 0 fully saturated rings. The molecular weight excluding hydrogens is 408 g/mol. The fraction of sp³-hybridized carbons (Fsp3) is 0.370. The predicted octanol–water partition coefficient (Wildman–Crippen LogP) is 6.06. The summed E-state index contributed by atoms with van der Waals surface area (Å²) < 4.78 is 0. The van der Waals surface area contributed by atoms with E-state index in [1.165, 1.54) is 23.8 Å². The Morgan fingerprint density at radius 1 is 1.15 bits per heavy atom. The molecule has 33 heavy (non-hydrogen) atoms. The number of hydrogen-bond donors (Lipinski definition) is 3. The molecule has 2 rings (SSSR count). The molecule has 1 aromatic carbocycles. The van der Waals surface area contributed by atoms with Crippen molar-refractivity contribution in [2.75, 3.05) is 11.9 Å². The van der Waals surface area contributed by atoms with Gasteiger partial charge in [0.2, 0.25) is 0 Å². The molecule has 6 heteroatoms. The van der Waals surface area contributed by atoms with Crippen LogP contribution in [0.25, 0.3) is 0 Å². The van der Waals surface area contributed by atoms with E-state index in [9.17, 15) is 0 Å². The number of aryl methyl sites for hydroxylation is 1. The van der Waals surface area contributed by atoms with Gasteiger partial charge in [-0.2, -0.15) is 0 Å². The van der Waals surface area contributed by atoms with Crippen molar-refractivity contribution in [1.29, 1.82) is 0 Å². The second-order valence-corrected chi connectivity index (χ2v) is 8.05. The Labute approximate surface area is 200 Å². The van der Waals surface area contributed by atoms with Crippen LogP contribution in [-0.4, -0.2) is 22.9 Å². The number of aliphatic imine (C=N–C) groups is 1. The molecule has 0 saturated heterocycles. The summed E-state index contributed by atoms with van der Waals surface area (Å²) >= 11 is 0. The second kappa shape index (κ2) is 15.3. The van der Waals surface area contributed by atoms with Crippen LogP contribution >= 0.6 is 0 Å². The summed E-state index contributed by atoms with van der Waals surface area (Å²) in [5.74, 6) is 0.624. The molecule has 0 saturated carbocycles. The lowest BCUT2D eigenvalue weighted by Gasteiger charge is -2.20. The molecule has 178 valence electrons. The van der Waals surface area contributed by atoms with Gasteiger partial charge in [-0.3, -0.25) is 0 Å². The van der Waals surface area contributed by atoms with Crippen LogP contribution in [0.2, 0.25) is 0 Å². The quantitative estimate of drug-likeness (QED) is 0.198. The molecule has 0 aliphatic heterocycles. The molecular formula is C27H40N6. The monoisotopic (exact) mass is 448 g/mol. The third-order valence-corrected chi connectivity index (χ3v) is 4.79. The maximum atomic E-state index is 5.44. The van der Waals surface area contributed by atoms with Gasteiger partial charge < -0.3 is 16.4 Å². The SMILES string of the molecule is C#C.C=C(Cc1ccc(Nc2ncnc(C)c2N=CN)cc1)NC/C=C(\C)C(C)(C)C.CC. The van der Waals surface area contributed by atoms with Crippen molar-refractivity contribution in [2.45, 2.75) is 54.9 Å². The first-order chi connectivity index (χ1) is 15.7. The molecule has 0 spiro atoms. The van der Waals surface area contributed by atoms with E-state index in [0.717, 1.165) is 30.0 Å². The fourth-order valence-corrected chi connectivity index (χ4v) is 2.59. The molecule has 0 atom stereocenters. The average molecular weight is 449 g/mol. The summed E-state index contributed by atoms with van der Waals surface area (Å²) in [6.07, 6.45) is 13.8. The highest BCUT2D eigenvalue weighted by Crippen LogP contribution is 2.27. The lowest BCUT2D eigenvalue weighted by atomic mass is 9.87. The van der Waals surface area contributed by atoms with Crippen molar-refractivity contribution >= 4 is 23.5 Å². The first kappa shape index (κ1) is 29.4. The first-order valence-electron chi connectivity index (χ1n) is 11.0. The summed E-state index contributed by atoms with van der Waals surface area (Å²) in [5, 5.41) is 6.66. The Kier molecular flexibility index (Phi) is 13.6. The molecule has 0 unspecified atom stereocenters. The zero-order chi connectivity index (χ0) is 25.4. The standard InChI is InChI=1S/C23H32N6.C2H6.C2H2/c1-16(23(4,5)6)11-12-25-17(2)13-19-7-9-20(10-8-19)29-22-21(26-14-24)18(3)27-15-28-22;2*1-2/h7-11,14-15,25H,2,12-13H2,1,3-6H3,(H2,24,26)(H,27,28,29);1-2H3;1-2H/b16-11+;;. The van der Waals surface area contributed by atoms with Gasteiger partial charge in [-0.1, -0.05) is 65.0 Å². The minimum Gasteiger partial charge on any atom is -0.390 e. The Hall–Kier alpha value is -3.59. The topological polar surface area (TPSA) is 88.2 Å². The van der Waals surface area contributed by atoms with Crippen LogP contribution in [0.15, 0.2) is 59.5 Å². The number of nitrogens with zero attached hydrogens (tertiary/aromatic N) is 3. The van der Waals surface area contributed by atoms with E-state index in [1.807, 2.05) is 32.9 Å². The Balaban J connectivity index is 0.00000242. The predicted molar refractivity (Wildman–Crippen MR) is 144 cm³/mol. The van der Waals surface area contributed by atoms with Crippen LogP contribution in [-0.2, 0) is 6.42 Å². The van der Waals surface area contributed by atoms with Crippen LogP contribution in [0.5, 0.6) is 0 Å². The molecule has 0 radical (unpaired) electrons. The summed E-state index contributed by atoms with van der Waals surface area (Å²) in [6, 6.07) is 8.18. The largest absolute Gasteiger partial charge is 0.390 e. The minimum atomic E-state index is 0.198. The zero-order valence-electron chi connectivity index (χ0n) is 21.2. The first-order valence-corrected chi connectivity index (χ1v) is 11.0. The van der Waals surface area contributed by atoms with Crippen LogP contribution in [0.3, 0.4) is 0 Å². The molecule has 4 N–H and O–H groups in total. The molecule has 6 nitrogen and oxygen atoms in total. The fourth-order valence-electron chi connectivity index (χ4n) is 2.59. The summed E-state index contributed by atoms with van der Waals surface area (Å²) in [6.45, 7) is 19.6. The Morgan fingerprint density at radius 2 is 1.76 bits per heavy atom. The minimum absolute atomic E-state index is 0.198. The number of anilines is 2. The van der Waals surface area contributed by atoms with E-state index in [0.29, 0.717) is 11.5 Å². The van der Waals surface area contributed by atoms with Gasteiger partial charge in [0.15, 0.2) is 5.82 Å². The molecule has 1 aromatic heterocycles. The number of benzene rings is 1. The molecule has 0 amide bonds. The van der Waals surface area contributed by atoms with Gasteiger partial charge in [-0.25, -0.2) is 15.0 Å². The van der Waals surface area contributed by atoms with E-state index in [2.05, 4.69) is 90.9 Å². The van der Waals surface area contributed by atoms with Gasteiger partial charge in [0.1, 0.15) is 12.0 Å². The van der Waals surface area contributed by atoms with Crippen molar-refractivity contribution in [2.24, 2.45) is 16.1 Å². The molecule has 0 aliphatic rings. The van der Waals surface area contributed by atoms with Gasteiger partial charge in [0.25, 0.3) is 0 Å². The number of nitrogens with one attached hydrogen (secondary N) is 2. The van der Waals surface area contributed by atoms with Crippen LogP contribution in [0.1, 0.15) is 52.8 Å². The van der Waals surface area contributed by atoms with E-state index < -0.39 is 0 Å². The van der Waals surface area contributed by atoms with Gasteiger partial charge in [0.05, 0.1) is 12.0 Å². The van der Waals surface area contributed by atoms with Crippen LogP contribution < -0.4 is 16.4 Å². The third-order valence-electron chi connectivity index (χ3n) is 4.79. The number of nitrogens with two attached hydrogens (primary N) is 1. The number of terminal acetylenes is 1. The summed E-state index contributed by atoms with van der Waals surface area (Å²) in [5.41, 5.74) is 11.5. The average Bonchev–Trinajstić information content (AvgIpc) is 2.79. The Bertz CT molecular complexity index is 931. The number of allylic oxidation sites excluding steroid dienone is 2. The third kappa shape index (κ3) is 10.5. The van der Waals surface area contributed by atoms with Gasteiger partial charge in [-0.05, 0) is 37.0 Å². The maximum Gasteiger partial charge on any atom is 0.160 e. The lowest BCUT2D eigenvalue weighted by Crippen LogP contribution is -2.16. The van der Waals surface area contributed by atoms with E-state index >= 15 is 0 Å². The Morgan fingerprint density at radius 3 is 2.30 bits per heavy atom. The smallest absolute Gasteiger partial charge is 0.160 e. The van der Waals surface area contributed by atoms with Gasteiger partial charge >= 0.3 is 0 Å². The normalized spacial score (nSPS) is 11.0. The number of hydrogen-bond acceptors (Lipinski definition) is 5. The van der Waals surface area contributed by atoms with Crippen LogP contribution in [0.4, 0.5) is 17.2 Å². The second-order valence-electron chi connectivity index (χ2n) is 8.05. The van der Waals surface area contributed by atoms with E-state index in [1.54, 1.807) is 0 Å². The van der Waals surface area contributed by atoms with Crippen molar-refractivity contribution in [3.05, 3.63) is 65.8 Å². The highest BCUT2D eigenvalue weighted by atomic mass is 15.1. The molecule has 0 aliphatic carbocycles. The molecule has 2 aromatic rings. The van der Waals surface area contributed by atoms with Gasteiger partial charge in [-0.15, -0.1) is 12.8 Å². The zero-order valence-corrected chi connectivity index (χ0v) is 21.2.